The minimum Gasteiger partial charge on any atom is -0.487 e. The number of hydrogen-bond acceptors (Lipinski definition) is 5. The van der Waals surface area contributed by atoms with E-state index in [2.05, 4.69) is 34.6 Å². The van der Waals surface area contributed by atoms with E-state index >= 15 is 0 Å². The first-order valence-electron chi connectivity index (χ1n) is 15.5. The summed E-state index contributed by atoms with van der Waals surface area (Å²) in [6.45, 7) is 18.0. The molecule has 0 saturated heterocycles. The molecule has 4 unspecified atom stereocenters. The van der Waals surface area contributed by atoms with Crippen LogP contribution in [0.5, 0.6) is 11.5 Å². The lowest BCUT2D eigenvalue weighted by Gasteiger charge is -2.38. The Morgan fingerprint density at radius 1 is 0.923 bits per heavy atom. The van der Waals surface area contributed by atoms with Crippen LogP contribution < -0.4 is 15.0 Å². The summed E-state index contributed by atoms with van der Waals surface area (Å²) in [5.74, 6) is 3.77. The van der Waals surface area contributed by atoms with Crippen molar-refractivity contribution in [1.29, 1.82) is 0 Å². The van der Waals surface area contributed by atoms with Gasteiger partial charge in [0.25, 0.3) is 0 Å². The molecule has 0 saturated carbocycles. The molecule has 0 fully saturated rings. The second-order valence-corrected chi connectivity index (χ2v) is 14.3. The van der Waals surface area contributed by atoms with E-state index in [1.54, 1.807) is 0 Å². The predicted molar refractivity (Wildman–Crippen MR) is 163 cm³/mol. The van der Waals surface area contributed by atoms with Gasteiger partial charge in [-0.15, -0.1) is 0 Å². The van der Waals surface area contributed by atoms with Crippen molar-refractivity contribution in [1.82, 2.24) is 0 Å². The first kappa shape index (κ1) is 34.1. The average Bonchev–Trinajstić information content (AvgIpc) is 2.85. The number of phosphoric ester groups is 1. The Morgan fingerprint density at radius 3 is 2.10 bits per heavy atom. The lowest BCUT2D eigenvalue weighted by atomic mass is 9.84. The number of rotatable bonds is 18. The summed E-state index contributed by atoms with van der Waals surface area (Å²) in [6, 6.07) is 0. The number of fused-ring (bicyclic) bond motifs is 1. The van der Waals surface area contributed by atoms with Gasteiger partial charge in [-0.05, 0) is 101 Å². The smallest absolute Gasteiger partial charge is 0.487 e. The molecule has 6 nitrogen and oxygen atoms in total. The average molecular weight is 568 g/mol. The first-order chi connectivity index (χ1) is 18.3. The Kier molecular flexibility index (Phi) is 13.8. The van der Waals surface area contributed by atoms with E-state index in [1.807, 2.05) is 20.8 Å². The summed E-state index contributed by atoms with van der Waals surface area (Å²) in [7, 11) is -4.22. The van der Waals surface area contributed by atoms with Gasteiger partial charge in [0.15, 0.2) is 0 Å². The van der Waals surface area contributed by atoms with Crippen molar-refractivity contribution >= 4 is 7.82 Å². The van der Waals surface area contributed by atoms with Crippen LogP contribution in [0, 0.1) is 38.5 Å². The van der Waals surface area contributed by atoms with E-state index in [0.29, 0.717) is 18.7 Å². The highest BCUT2D eigenvalue weighted by molar-refractivity contribution is 7.47. The molecular formula is C32H58NO5P. The van der Waals surface area contributed by atoms with Crippen LogP contribution in [0.1, 0.15) is 128 Å². The summed E-state index contributed by atoms with van der Waals surface area (Å²) in [5.41, 5.74) is 8.99. The predicted octanol–water partition coefficient (Wildman–Crippen LogP) is 8.98. The van der Waals surface area contributed by atoms with Crippen LogP contribution in [-0.2, 0) is 15.5 Å². The van der Waals surface area contributed by atoms with E-state index < -0.39 is 7.82 Å². The third-order valence-corrected chi connectivity index (χ3v) is 9.57. The van der Waals surface area contributed by atoms with Gasteiger partial charge < -0.3 is 15.0 Å². The van der Waals surface area contributed by atoms with E-state index in [-0.39, 0.29) is 12.2 Å². The molecule has 226 valence electrons. The topological polar surface area (TPSA) is 91.0 Å². The van der Waals surface area contributed by atoms with Crippen LogP contribution in [0.4, 0.5) is 0 Å². The van der Waals surface area contributed by atoms with E-state index in [4.69, 9.17) is 19.5 Å². The summed E-state index contributed by atoms with van der Waals surface area (Å²) in [6.07, 6.45) is 13.9. The quantitative estimate of drug-likeness (QED) is 0.136. The number of benzene rings is 1. The van der Waals surface area contributed by atoms with Gasteiger partial charge in [-0.2, -0.15) is 0 Å². The molecule has 0 aromatic heterocycles. The maximum absolute atomic E-state index is 12.5. The van der Waals surface area contributed by atoms with Gasteiger partial charge in [0, 0.05) is 5.56 Å². The van der Waals surface area contributed by atoms with Gasteiger partial charge in [-0.3, -0.25) is 9.42 Å². The van der Waals surface area contributed by atoms with Gasteiger partial charge in [0.2, 0.25) is 0 Å². The van der Waals surface area contributed by atoms with Crippen LogP contribution in [0.25, 0.3) is 0 Å². The van der Waals surface area contributed by atoms with Crippen molar-refractivity contribution in [2.24, 2.45) is 23.5 Å². The molecule has 39 heavy (non-hydrogen) atoms. The normalized spacial score (nSPS) is 20.3. The first-order valence-corrected chi connectivity index (χ1v) is 17.0. The second-order valence-electron chi connectivity index (χ2n) is 13.0. The van der Waals surface area contributed by atoms with E-state index in [9.17, 15) is 9.46 Å². The molecule has 0 radical (unpaired) electrons. The molecule has 1 aromatic rings. The van der Waals surface area contributed by atoms with Crippen molar-refractivity contribution in [2.45, 2.75) is 138 Å². The third kappa shape index (κ3) is 11.0. The molecule has 1 aliphatic rings. The Labute approximate surface area is 239 Å². The Morgan fingerprint density at radius 2 is 1.51 bits per heavy atom. The lowest BCUT2D eigenvalue weighted by molar-refractivity contribution is 0.0511. The highest BCUT2D eigenvalue weighted by atomic mass is 31.2. The second kappa shape index (κ2) is 15.8. The highest BCUT2D eigenvalue weighted by Crippen LogP contribution is 2.50. The Hall–Kier alpha value is -1.07. The van der Waals surface area contributed by atoms with Crippen molar-refractivity contribution in [3.05, 3.63) is 22.3 Å². The molecule has 1 aromatic carbocycles. The molecule has 7 heteroatoms. The largest absolute Gasteiger partial charge is 0.527 e. The minimum absolute atomic E-state index is 0.0872. The Balaban J connectivity index is 1.89. The third-order valence-electron chi connectivity index (χ3n) is 8.65. The van der Waals surface area contributed by atoms with E-state index in [0.717, 1.165) is 65.0 Å². The maximum atomic E-state index is 12.5. The molecule has 1 aliphatic heterocycles. The van der Waals surface area contributed by atoms with Crippen LogP contribution in [-0.4, -0.2) is 23.6 Å². The van der Waals surface area contributed by atoms with Gasteiger partial charge in [-0.1, -0.05) is 72.6 Å². The van der Waals surface area contributed by atoms with E-state index in [1.165, 1.54) is 51.4 Å². The number of phosphoric acid groups is 1. The fraction of sp³-hybridized carbons (Fsp3) is 0.812. The van der Waals surface area contributed by atoms with Gasteiger partial charge in [-0.25, -0.2) is 4.57 Å². The number of ether oxygens (including phenoxy) is 1. The van der Waals surface area contributed by atoms with Crippen LogP contribution in [0.15, 0.2) is 0 Å². The lowest BCUT2D eigenvalue weighted by Crippen LogP contribution is -2.37. The summed E-state index contributed by atoms with van der Waals surface area (Å²) in [4.78, 5) is 10.2. The molecule has 0 spiro atoms. The Bertz CT molecular complexity index is 949. The van der Waals surface area contributed by atoms with Crippen LogP contribution in [0.3, 0.4) is 0 Å². The zero-order chi connectivity index (χ0) is 29.2. The molecule has 1 heterocycles. The zero-order valence-corrected chi connectivity index (χ0v) is 27.1. The monoisotopic (exact) mass is 567 g/mol. The zero-order valence-electron chi connectivity index (χ0n) is 26.2. The van der Waals surface area contributed by atoms with Crippen molar-refractivity contribution < 1.29 is 23.2 Å². The SMILES string of the molecule is Cc1c(C)c2c(c(C)c1OP(=O)(O)OCCCN)CCC(C)(CCCC(C)CCCC(C)CCCC(C)C)O2. The summed E-state index contributed by atoms with van der Waals surface area (Å²) < 4.78 is 29.9. The summed E-state index contributed by atoms with van der Waals surface area (Å²) in [5, 5.41) is 0. The standard InChI is InChI=1S/C32H58NO5P/c1-23(2)13-9-14-24(3)15-10-16-25(4)17-11-19-32(8)20-18-29-28(7)30(26(5)27(6)31(29)37-32)38-39(34,35)36-22-12-21-33/h23-25H,9-22,33H2,1-8H3,(H,34,35). The highest BCUT2D eigenvalue weighted by Gasteiger charge is 2.36. The van der Waals surface area contributed by atoms with Gasteiger partial charge in [0.05, 0.1) is 6.61 Å². The van der Waals surface area contributed by atoms with Crippen molar-refractivity contribution in [2.75, 3.05) is 13.2 Å². The van der Waals surface area contributed by atoms with Gasteiger partial charge >= 0.3 is 7.82 Å². The summed E-state index contributed by atoms with van der Waals surface area (Å²) >= 11 is 0. The molecule has 3 N–H and O–H groups in total. The molecule has 2 rings (SSSR count). The molecule has 0 aliphatic carbocycles. The fourth-order valence-electron chi connectivity index (χ4n) is 5.80. The minimum atomic E-state index is -4.22. The fourth-order valence-corrected chi connectivity index (χ4v) is 6.72. The number of nitrogens with two attached hydrogens (primary N) is 1. The molecule has 0 bridgehead atoms. The molecule has 4 atom stereocenters. The molecular weight excluding hydrogens is 509 g/mol. The van der Waals surface area contributed by atoms with Crippen LogP contribution in [0.2, 0.25) is 0 Å². The van der Waals surface area contributed by atoms with Crippen LogP contribution >= 0.6 is 7.82 Å². The number of hydrogen-bond donors (Lipinski definition) is 2. The molecule has 0 amide bonds. The van der Waals surface area contributed by atoms with Crippen molar-refractivity contribution in [3.8, 4) is 11.5 Å². The maximum Gasteiger partial charge on any atom is 0.527 e. The van der Waals surface area contributed by atoms with Crippen molar-refractivity contribution in [3.63, 3.8) is 0 Å². The van der Waals surface area contributed by atoms with Gasteiger partial charge in [0.1, 0.15) is 17.1 Å².